The highest BCUT2D eigenvalue weighted by Gasteiger charge is 2.46. The molecule has 3 aromatic rings. The van der Waals surface area contributed by atoms with E-state index in [9.17, 15) is 28.5 Å². The van der Waals surface area contributed by atoms with Crippen LogP contribution in [-0.4, -0.2) is 60.7 Å². The van der Waals surface area contributed by atoms with Crippen LogP contribution in [0.5, 0.6) is 0 Å². The summed E-state index contributed by atoms with van der Waals surface area (Å²) >= 11 is 10.5. The summed E-state index contributed by atoms with van der Waals surface area (Å²) in [5, 5.41) is 39.5. The third kappa shape index (κ3) is 4.92. The summed E-state index contributed by atoms with van der Waals surface area (Å²) in [6.07, 6.45) is -2.50. The lowest BCUT2D eigenvalue weighted by atomic mass is 9.97. The molecule has 1 aliphatic heterocycles. The van der Waals surface area contributed by atoms with Gasteiger partial charge in [0.05, 0.1) is 17.8 Å². The first-order chi connectivity index (χ1) is 15.7. The first kappa shape index (κ1) is 24.5. The first-order valence-corrected chi connectivity index (χ1v) is 11.6. The summed E-state index contributed by atoms with van der Waals surface area (Å²) in [4.78, 5) is 0.693. The van der Waals surface area contributed by atoms with Gasteiger partial charge in [-0.25, -0.2) is 17.9 Å². The number of aromatic nitrogens is 3. The molecule has 3 N–H and O–H groups in total. The van der Waals surface area contributed by atoms with Gasteiger partial charge in [-0.2, -0.15) is 0 Å². The molecule has 2 heterocycles. The van der Waals surface area contributed by atoms with Crippen molar-refractivity contribution in [2.45, 2.75) is 34.7 Å². The maximum absolute atomic E-state index is 13.6. The smallest absolute Gasteiger partial charge is 0.194 e. The maximum Gasteiger partial charge on any atom is 0.194 e. The molecular formula is C20H16BrClF3N3O4S. The highest BCUT2D eigenvalue weighted by molar-refractivity contribution is 9.10. The van der Waals surface area contributed by atoms with E-state index in [-0.39, 0.29) is 11.3 Å². The van der Waals surface area contributed by atoms with Crippen molar-refractivity contribution in [1.29, 1.82) is 0 Å². The third-order valence-corrected chi connectivity index (χ3v) is 7.45. The van der Waals surface area contributed by atoms with Gasteiger partial charge in [0.25, 0.3) is 0 Å². The number of aliphatic hydroxyl groups excluding tert-OH is 3. The summed E-state index contributed by atoms with van der Waals surface area (Å²) in [5.74, 6) is -4.39. The number of hydrogen-bond acceptors (Lipinski definition) is 7. The van der Waals surface area contributed by atoms with E-state index in [0.717, 1.165) is 28.6 Å². The van der Waals surface area contributed by atoms with Gasteiger partial charge in [-0.05, 0) is 46.3 Å². The monoisotopic (exact) mass is 565 g/mol. The number of aliphatic hydroxyl groups is 3. The highest BCUT2D eigenvalue weighted by atomic mass is 79.9. The van der Waals surface area contributed by atoms with Crippen LogP contribution in [0.15, 0.2) is 45.9 Å². The zero-order valence-electron chi connectivity index (χ0n) is 16.4. The lowest BCUT2D eigenvalue weighted by Crippen LogP contribution is -2.55. The molecule has 5 atom stereocenters. The summed E-state index contributed by atoms with van der Waals surface area (Å²) < 4.78 is 47.9. The molecule has 13 heteroatoms. The molecular weight excluding hydrogens is 551 g/mol. The van der Waals surface area contributed by atoms with E-state index in [0.29, 0.717) is 14.4 Å². The van der Waals surface area contributed by atoms with Crippen molar-refractivity contribution in [3.05, 3.63) is 63.5 Å². The van der Waals surface area contributed by atoms with Gasteiger partial charge in [-0.1, -0.05) is 28.6 Å². The van der Waals surface area contributed by atoms with Crippen LogP contribution in [0.1, 0.15) is 6.04 Å². The molecule has 0 radical (unpaired) electrons. The van der Waals surface area contributed by atoms with Gasteiger partial charge in [-0.15, -0.1) is 5.10 Å². The SMILES string of the molecule is OCC1O[C@H](Sc2ccc(Cl)c(Br)c2)C(O)[C@@H](n2cc(-c3cc(F)c(F)c(F)c3)nn2)[C@H]1O. The topological polar surface area (TPSA) is 101 Å². The minimum atomic E-state index is -1.61. The van der Waals surface area contributed by atoms with Gasteiger partial charge in [0.1, 0.15) is 35.5 Å². The van der Waals surface area contributed by atoms with Gasteiger partial charge in [-0.3, -0.25) is 0 Å². The van der Waals surface area contributed by atoms with E-state index in [2.05, 4.69) is 26.2 Å². The molecule has 0 bridgehead atoms. The van der Waals surface area contributed by atoms with Gasteiger partial charge < -0.3 is 20.1 Å². The van der Waals surface area contributed by atoms with Gasteiger partial charge in [0, 0.05) is 14.9 Å². The van der Waals surface area contributed by atoms with E-state index in [1.54, 1.807) is 18.2 Å². The van der Waals surface area contributed by atoms with Crippen LogP contribution in [0.4, 0.5) is 13.2 Å². The number of halogens is 5. The molecule has 176 valence electrons. The van der Waals surface area contributed by atoms with Crippen LogP contribution in [0.25, 0.3) is 11.3 Å². The van der Waals surface area contributed by atoms with Gasteiger partial charge in [0.2, 0.25) is 0 Å². The minimum absolute atomic E-state index is 0.00919. The van der Waals surface area contributed by atoms with Crippen molar-refractivity contribution in [1.82, 2.24) is 15.0 Å². The zero-order chi connectivity index (χ0) is 23.9. The predicted molar refractivity (Wildman–Crippen MR) is 117 cm³/mol. The summed E-state index contributed by atoms with van der Waals surface area (Å²) in [6.45, 7) is -0.540. The minimum Gasteiger partial charge on any atom is -0.394 e. The molecule has 7 nitrogen and oxygen atoms in total. The molecule has 0 amide bonds. The standard InChI is InChI=1S/C20H16BrClF3N3O4S/c21-10-5-9(1-2-11(10)22)33-20-19(31)17(18(30)15(7-29)32-20)28-6-14(26-27-28)8-3-12(23)16(25)13(24)4-8/h1-6,15,17-20,29-31H,7H2/t15?,17-,18-,19?,20+/m0/s1. The summed E-state index contributed by atoms with van der Waals surface area (Å²) in [6, 6.07) is 5.51. The van der Waals surface area contributed by atoms with Crippen molar-refractivity contribution in [3.63, 3.8) is 0 Å². The number of benzene rings is 2. The lowest BCUT2D eigenvalue weighted by molar-refractivity contribution is -0.178. The van der Waals surface area contributed by atoms with E-state index in [4.69, 9.17) is 16.3 Å². The van der Waals surface area contributed by atoms with Crippen LogP contribution in [-0.2, 0) is 4.74 Å². The van der Waals surface area contributed by atoms with Crippen molar-refractivity contribution < 1.29 is 33.2 Å². The van der Waals surface area contributed by atoms with Crippen LogP contribution in [0, 0.1) is 17.5 Å². The Kier molecular flexibility index (Phi) is 7.34. The predicted octanol–water partition coefficient (Wildman–Crippen LogP) is 3.55. The molecule has 0 aliphatic carbocycles. The fourth-order valence-electron chi connectivity index (χ4n) is 3.42. The third-order valence-electron chi connectivity index (χ3n) is 5.09. The van der Waals surface area contributed by atoms with Crippen LogP contribution >= 0.6 is 39.3 Å². The molecule has 0 saturated carbocycles. The number of thioether (sulfide) groups is 1. The Bertz CT molecular complexity index is 1150. The fourth-order valence-corrected chi connectivity index (χ4v) is 5.17. The highest BCUT2D eigenvalue weighted by Crippen LogP contribution is 2.39. The Morgan fingerprint density at radius 1 is 1.12 bits per heavy atom. The van der Waals surface area contributed by atoms with Crippen LogP contribution in [0.3, 0.4) is 0 Å². The number of hydrogen-bond donors (Lipinski definition) is 3. The molecule has 2 unspecified atom stereocenters. The number of nitrogens with zero attached hydrogens (tertiary/aromatic N) is 3. The molecule has 33 heavy (non-hydrogen) atoms. The van der Waals surface area contributed by atoms with E-state index in [1.165, 1.54) is 6.20 Å². The van der Waals surface area contributed by atoms with E-state index < -0.39 is 53.8 Å². The van der Waals surface area contributed by atoms with Crippen LogP contribution in [0.2, 0.25) is 5.02 Å². The van der Waals surface area contributed by atoms with E-state index >= 15 is 0 Å². The van der Waals surface area contributed by atoms with Crippen molar-refractivity contribution in [2.75, 3.05) is 6.61 Å². The quantitative estimate of drug-likeness (QED) is 0.406. The average molecular weight is 567 g/mol. The molecule has 4 rings (SSSR count). The first-order valence-electron chi connectivity index (χ1n) is 9.50. The van der Waals surface area contributed by atoms with Crippen molar-refractivity contribution >= 4 is 39.3 Å². The Hall–Kier alpha value is -1.67. The Morgan fingerprint density at radius 2 is 1.82 bits per heavy atom. The second-order valence-electron chi connectivity index (χ2n) is 7.23. The van der Waals surface area contributed by atoms with Gasteiger partial charge >= 0.3 is 0 Å². The maximum atomic E-state index is 13.6. The molecule has 1 saturated heterocycles. The van der Waals surface area contributed by atoms with Gasteiger partial charge in [0.15, 0.2) is 17.5 Å². The fraction of sp³-hybridized carbons (Fsp3) is 0.300. The summed E-state index contributed by atoms with van der Waals surface area (Å²) in [7, 11) is 0. The normalized spacial score (nSPS) is 25.4. The van der Waals surface area contributed by atoms with Crippen molar-refractivity contribution in [3.8, 4) is 11.3 Å². The van der Waals surface area contributed by atoms with Crippen LogP contribution < -0.4 is 0 Å². The second kappa shape index (κ2) is 9.90. The molecule has 2 aromatic carbocycles. The zero-order valence-corrected chi connectivity index (χ0v) is 19.6. The molecule has 1 fully saturated rings. The molecule has 1 aromatic heterocycles. The number of rotatable bonds is 5. The lowest BCUT2D eigenvalue weighted by Gasteiger charge is -2.41. The largest absolute Gasteiger partial charge is 0.394 e. The Balaban J connectivity index is 1.63. The second-order valence-corrected chi connectivity index (χ2v) is 9.66. The Labute approximate surface area is 203 Å². The molecule has 0 spiro atoms. The average Bonchev–Trinajstić information content (AvgIpc) is 3.26. The Morgan fingerprint density at radius 3 is 2.45 bits per heavy atom. The summed E-state index contributed by atoms with van der Waals surface area (Å²) in [5.41, 5.74) is -1.01. The van der Waals surface area contributed by atoms with E-state index in [1.807, 2.05) is 0 Å². The number of ether oxygens (including phenoxy) is 1. The van der Waals surface area contributed by atoms with Crippen molar-refractivity contribution in [2.24, 2.45) is 0 Å². The molecule has 1 aliphatic rings.